The number of rotatable bonds is 4. The van der Waals surface area contributed by atoms with Gasteiger partial charge in [-0.05, 0) is 23.6 Å². The smallest absolute Gasteiger partial charge is 0.194 e. The molecule has 0 radical (unpaired) electrons. The average molecular weight is 279 g/mol. The highest BCUT2D eigenvalue weighted by Gasteiger charge is 2.19. The van der Waals surface area contributed by atoms with Crippen molar-refractivity contribution in [3.8, 4) is 0 Å². The Morgan fingerprint density at radius 2 is 1.80 bits per heavy atom. The van der Waals surface area contributed by atoms with Gasteiger partial charge in [-0.2, -0.15) is 0 Å². The molecule has 0 aromatic heterocycles. The van der Waals surface area contributed by atoms with Gasteiger partial charge in [0.2, 0.25) is 0 Å². The highest BCUT2D eigenvalue weighted by atomic mass is 19.2. The molecule has 0 spiro atoms. The number of hydrogen-bond donors (Lipinski definition) is 1. The molecule has 2 N–H and O–H groups in total. The van der Waals surface area contributed by atoms with E-state index in [9.17, 15) is 13.2 Å². The number of nitrogens with two attached hydrogens (primary N) is 1. The molecule has 1 unspecified atom stereocenters. The first-order valence-corrected chi connectivity index (χ1v) is 6.52. The fourth-order valence-electron chi connectivity index (χ4n) is 2.19. The normalized spacial score (nSPS) is 12.4. The van der Waals surface area contributed by atoms with Crippen molar-refractivity contribution in [2.75, 3.05) is 0 Å². The Hall–Kier alpha value is -1.81. The first kappa shape index (κ1) is 14.6. The van der Waals surface area contributed by atoms with Crippen molar-refractivity contribution < 1.29 is 13.2 Å². The van der Waals surface area contributed by atoms with Crippen molar-refractivity contribution in [1.82, 2.24) is 0 Å². The highest BCUT2D eigenvalue weighted by Crippen LogP contribution is 2.25. The number of aryl methyl sites for hydroxylation is 1. The van der Waals surface area contributed by atoms with Crippen molar-refractivity contribution in [3.63, 3.8) is 0 Å². The van der Waals surface area contributed by atoms with Crippen LogP contribution in [0.1, 0.15) is 36.1 Å². The molecule has 0 aliphatic rings. The average Bonchev–Trinajstić information content (AvgIpc) is 2.45. The third-order valence-electron chi connectivity index (χ3n) is 3.25. The van der Waals surface area contributed by atoms with Gasteiger partial charge in [-0.15, -0.1) is 0 Å². The lowest BCUT2D eigenvalue weighted by Gasteiger charge is -2.15. The third-order valence-corrected chi connectivity index (χ3v) is 3.25. The lowest BCUT2D eigenvalue weighted by Crippen LogP contribution is -2.15. The van der Waals surface area contributed by atoms with Crippen LogP contribution >= 0.6 is 0 Å². The number of benzene rings is 2. The lowest BCUT2D eigenvalue weighted by atomic mass is 9.96. The molecule has 0 amide bonds. The van der Waals surface area contributed by atoms with Crippen LogP contribution in [0.25, 0.3) is 0 Å². The molecule has 0 aliphatic carbocycles. The molecule has 1 nitrogen and oxygen atoms in total. The van der Waals surface area contributed by atoms with Gasteiger partial charge >= 0.3 is 0 Å². The minimum atomic E-state index is -1.48. The number of hydrogen-bond acceptors (Lipinski definition) is 1. The van der Waals surface area contributed by atoms with Crippen LogP contribution in [0.15, 0.2) is 36.4 Å². The van der Waals surface area contributed by atoms with E-state index >= 15 is 0 Å². The van der Waals surface area contributed by atoms with Crippen LogP contribution < -0.4 is 5.73 Å². The van der Waals surface area contributed by atoms with Crippen molar-refractivity contribution in [1.29, 1.82) is 0 Å². The predicted molar refractivity (Wildman–Crippen MR) is 72.8 cm³/mol. The van der Waals surface area contributed by atoms with Gasteiger partial charge < -0.3 is 5.73 Å². The van der Waals surface area contributed by atoms with Crippen LogP contribution in [0.5, 0.6) is 0 Å². The summed E-state index contributed by atoms with van der Waals surface area (Å²) in [6.45, 7) is 2.06. The summed E-state index contributed by atoms with van der Waals surface area (Å²) < 4.78 is 39.9. The quantitative estimate of drug-likeness (QED) is 0.838. The van der Waals surface area contributed by atoms with Gasteiger partial charge in [0.25, 0.3) is 0 Å². The fraction of sp³-hybridized carbons (Fsp3) is 0.250. The summed E-state index contributed by atoms with van der Waals surface area (Å²) in [5.41, 5.74) is 7.70. The zero-order valence-corrected chi connectivity index (χ0v) is 11.2. The lowest BCUT2D eigenvalue weighted by molar-refractivity contribution is 0.438. The summed E-state index contributed by atoms with van der Waals surface area (Å²) in [4.78, 5) is 0. The van der Waals surface area contributed by atoms with Crippen LogP contribution in [0, 0.1) is 17.5 Å². The molecule has 0 saturated heterocycles. The largest absolute Gasteiger partial charge is 0.320 e. The van der Waals surface area contributed by atoms with E-state index in [1.807, 2.05) is 18.2 Å². The molecule has 4 heteroatoms. The minimum absolute atomic E-state index is 0.0439. The SMILES string of the molecule is CCCc1cccc(C(N)c2ccc(F)c(F)c2F)c1. The molecular formula is C16H16F3N. The van der Waals surface area contributed by atoms with Crippen molar-refractivity contribution in [2.24, 2.45) is 5.73 Å². The summed E-state index contributed by atoms with van der Waals surface area (Å²) in [6.07, 6.45) is 1.87. The van der Waals surface area contributed by atoms with Gasteiger partial charge in [0.05, 0.1) is 6.04 Å². The molecule has 0 bridgehead atoms. The molecule has 20 heavy (non-hydrogen) atoms. The maximum atomic E-state index is 13.8. The molecule has 0 heterocycles. The first-order chi connectivity index (χ1) is 9.54. The van der Waals surface area contributed by atoms with E-state index in [0.717, 1.165) is 24.5 Å². The van der Waals surface area contributed by atoms with Crippen molar-refractivity contribution in [2.45, 2.75) is 25.8 Å². The number of halogens is 3. The molecule has 0 saturated carbocycles. The van der Waals surface area contributed by atoms with E-state index in [-0.39, 0.29) is 5.56 Å². The summed E-state index contributed by atoms with van der Waals surface area (Å²) in [5.74, 6) is -3.92. The van der Waals surface area contributed by atoms with Crippen LogP contribution in [-0.4, -0.2) is 0 Å². The van der Waals surface area contributed by atoms with E-state index in [1.54, 1.807) is 6.07 Å². The van der Waals surface area contributed by atoms with E-state index in [1.165, 1.54) is 6.07 Å². The molecule has 1 atom stereocenters. The van der Waals surface area contributed by atoms with E-state index in [0.29, 0.717) is 5.56 Å². The minimum Gasteiger partial charge on any atom is -0.320 e. The molecule has 0 aliphatic heterocycles. The van der Waals surface area contributed by atoms with Crippen LogP contribution in [0.2, 0.25) is 0 Å². The standard InChI is InChI=1S/C16H16F3N/c1-2-4-10-5-3-6-11(9-10)16(20)12-7-8-13(17)15(19)14(12)18/h3,5-9,16H,2,4,20H2,1H3. The first-order valence-electron chi connectivity index (χ1n) is 6.52. The summed E-state index contributed by atoms with van der Waals surface area (Å²) in [6, 6.07) is 8.68. The zero-order valence-electron chi connectivity index (χ0n) is 11.2. The molecule has 0 fully saturated rings. The van der Waals surface area contributed by atoms with Crippen LogP contribution in [0.4, 0.5) is 13.2 Å². The van der Waals surface area contributed by atoms with Crippen molar-refractivity contribution >= 4 is 0 Å². The second kappa shape index (κ2) is 6.09. The maximum absolute atomic E-state index is 13.8. The topological polar surface area (TPSA) is 26.0 Å². The Morgan fingerprint density at radius 1 is 1.05 bits per heavy atom. The van der Waals surface area contributed by atoms with Gasteiger partial charge in [0, 0.05) is 5.56 Å². The Bertz CT molecular complexity index is 611. The molecule has 106 valence electrons. The van der Waals surface area contributed by atoms with Gasteiger partial charge in [-0.3, -0.25) is 0 Å². The second-order valence-electron chi connectivity index (χ2n) is 4.74. The summed E-state index contributed by atoms with van der Waals surface area (Å²) >= 11 is 0. The second-order valence-corrected chi connectivity index (χ2v) is 4.74. The van der Waals surface area contributed by atoms with Gasteiger partial charge in [-0.25, -0.2) is 13.2 Å². The molecular weight excluding hydrogens is 263 g/mol. The monoisotopic (exact) mass is 279 g/mol. The predicted octanol–water partition coefficient (Wildman–Crippen LogP) is 4.10. The third kappa shape index (κ3) is 2.85. The zero-order chi connectivity index (χ0) is 14.7. The Kier molecular flexibility index (Phi) is 4.45. The Labute approximate surface area is 116 Å². The van der Waals surface area contributed by atoms with E-state index < -0.39 is 23.5 Å². The Balaban J connectivity index is 2.38. The Morgan fingerprint density at radius 3 is 2.50 bits per heavy atom. The van der Waals surface area contributed by atoms with Crippen LogP contribution in [-0.2, 0) is 6.42 Å². The highest BCUT2D eigenvalue weighted by molar-refractivity contribution is 5.35. The molecule has 2 rings (SSSR count). The summed E-state index contributed by atoms with van der Waals surface area (Å²) in [5, 5.41) is 0. The fourth-order valence-corrected chi connectivity index (χ4v) is 2.19. The maximum Gasteiger partial charge on any atom is 0.194 e. The van der Waals surface area contributed by atoms with Crippen LogP contribution in [0.3, 0.4) is 0 Å². The van der Waals surface area contributed by atoms with E-state index in [2.05, 4.69) is 6.92 Å². The summed E-state index contributed by atoms with van der Waals surface area (Å²) in [7, 11) is 0. The van der Waals surface area contributed by atoms with Gasteiger partial charge in [-0.1, -0.05) is 43.7 Å². The van der Waals surface area contributed by atoms with E-state index in [4.69, 9.17) is 5.73 Å². The van der Waals surface area contributed by atoms with Crippen molar-refractivity contribution in [3.05, 3.63) is 70.5 Å². The van der Waals surface area contributed by atoms with Gasteiger partial charge in [0.15, 0.2) is 17.5 Å². The molecule has 2 aromatic carbocycles. The molecule has 2 aromatic rings. The van der Waals surface area contributed by atoms with Gasteiger partial charge in [0.1, 0.15) is 0 Å².